The van der Waals surface area contributed by atoms with Gasteiger partial charge in [-0.1, -0.05) is 12.1 Å². The van der Waals surface area contributed by atoms with Gasteiger partial charge in [-0.2, -0.15) is 0 Å². The Morgan fingerprint density at radius 2 is 1.52 bits per heavy atom. The van der Waals surface area contributed by atoms with Gasteiger partial charge in [-0.3, -0.25) is 14.5 Å². The van der Waals surface area contributed by atoms with Gasteiger partial charge < -0.3 is 4.74 Å². The van der Waals surface area contributed by atoms with Gasteiger partial charge in [0.15, 0.2) is 0 Å². The molecule has 0 fully saturated rings. The van der Waals surface area contributed by atoms with E-state index in [2.05, 4.69) is 4.74 Å². The lowest BCUT2D eigenvalue weighted by Crippen LogP contribution is -2.49. The number of ether oxygens (including phenoxy) is 1. The minimum Gasteiger partial charge on any atom is -0.467 e. The van der Waals surface area contributed by atoms with Gasteiger partial charge in [0, 0.05) is 16.5 Å². The summed E-state index contributed by atoms with van der Waals surface area (Å²) in [6.45, 7) is 1.50. The average molecular weight is 309 g/mol. The van der Waals surface area contributed by atoms with Crippen LogP contribution in [0.25, 0.3) is 10.8 Å². The van der Waals surface area contributed by atoms with Gasteiger partial charge in [0.25, 0.3) is 11.8 Å². The molecular weight excluding hydrogens is 294 g/mol. The second-order valence-electron chi connectivity index (χ2n) is 5.97. The van der Waals surface area contributed by atoms with Crippen molar-refractivity contribution in [3.8, 4) is 0 Å². The SMILES string of the molecule is COC(=O)C(C)N1C(=O)c2ccc3c4c(ccc(c24)C1=O)CC3. The van der Waals surface area contributed by atoms with Crippen molar-refractivity contribution in [2.75, 3.05) is 7.11 Å². The number of rotatable bonds is 2. The molecule has 2 aromatic carbocycles. The van der Waals surface area contributed by atoms with Crippen LogP contribution in [0, 0.1) is 0 Å². The van der Waals surface area contributed by atoms with E-state index in [0.29, 0.717) is 11.1 Å². The summed E-state index contributed by atoms with van der Waals surface area (Å²) in [6, 6.07) is 6.48. The first kappa shape index (κ1) is 13.9. The maximum Gasteiger partial charge on any atom is 0.328 e. The van der Waals surface area contributed by atoms with Crippen LogP contribution in [0.4, 0.5) is 0 Å². The smallest absolute Gasteiger partial charge is 0.328 e. The van der Waals surface area contributed by atoms with Crippen molar-refractivity contribution in [3.05, 3.63) is 46.5 Å². The normalized spacial score (nSPS) is 16.9. The molecule has 1 aliphatic carbocycles. The average Bonchev–Trinajstić information content (AvgIpc) is 2.98. The topological polar surface area (TPSA) is 63.7 Å². The van der Waals surface area contributed by atoms with Crippen LogP contribution >= 0.6 is 0 Å². The zero-order valence-electron chi connectivity index (χ0n) is 12.9. The van der Waals surface area contributed by atoms with E-state index >= 15 is 0 Å². The van der Waals surface area contributed by atoms with E-state index in [-0.39, 0.29) is 0 Å². The van der Waals surface area contributed by atoms with Gasteiger partial charge in [-0.25, -0.2) is 4.79 Å². The molecule has 23 heavy (non-hydrogen) atoms. The summed E-state index contributed by atoms with van der Waals surface area (Å²) in [5, 5.41) is 1.77. The van der Waals surface area contributed by atoms with Gasteiger partial charge in [-0.15, -0.1) is 0 Å². The largest absolute Gasteiger partial charge is 0.467 e. The summed E-state index contributed by atoms with van der Waals surface area (Å²) in [7, 11) is 1.24. The maximum absolute atomic E-state index is 12.8. The van der Waals surface area contributed by atoms with E-state index < -0.39 is 23.8 Å². The molecule has 1 aliphatic heterocycles. The molecule has 0 radical (unpaired) electrons. The second kappa shape index (κ2) is 4.65. The number of methoxy groups -OCH3 is 1. The molecule has 0 bridgehead atoms. The Labute approximate surface area is 132 Å². The highest BCUT2D eigenvalue weighted by atomic mass is 16.5. The number of carbonyl (C=O) groups excluding carboxylic acids is 3. The predicted octanol–water partition coefficient (Wildman–Crippen LogP) is 2.10. The third-order valence-corrected chi connectivity index (χ3v) is 4.82. The van der Waals surface area contributed by atoms with Crippen LogP contribution < -0.4 is 0 Å². The third kappa shape index (κ3) is 1.70. The van der Waals surface area contributed by atoms with Crippen molar-refractivity contribution in [2.24, 2.45) is 0 Å². The number of hydrogen-bond donors (Lipinski definition) is 0. The first-order valence-electron chi connectivity index (χ1n) is 7.57. The van der Waals surface area contributed by atoms with Crippen LogP contribution in [0.2, 0.25) is 0 Å². The van der Waals surface area contributed by atoms with E-state index in [9.17, 15) is 14.4 Å². The molecule has 2 amide bonds. The fourth-order valence-corrected chi connectivity index (χ4v) is 3.66. The molecule has 2 aliphatic rings. The third-order valence-electron chi connectivity index (χ3n) is 4.82. The van der Waals surface area contributed by atoms with Crippen molar-refractivity contribution in [3.63, 3.8) is 0 Å². The van der Waals surface area contributed by atoms with Gasteiger partial charge in [-0.05, 0) is 48.4 Å². The van der Waals surface area contributed by atoms with Gasteiger partial charge in [0.05, 0.1) is 7.11 Å². The molecule has 1 heterocycles. The van der Waals surface area contributed by atoms with E-state index in [0.717, 1.165) is 28.5 Å². The van der Waals surface area contributed by atoms with Crippen LogP contribution in [0.5, 0.6) is 0 Å². The Morgan fingerprint density at radius 3 is 2.00 bits per heavy atom. The van der Waals surface area contributed by atoms with Crippen molar-refractivity contribution in [1.82, 2.24) is 4.90 Å². The fraction of sp³-hybridized carbons (Fsp3) is 0.278. The Bertz CT molecular complexity index is 841. The zero-order chi connectivity index (χ0) is 16.3. The van der Waals surface area contributed by atoms with E-state index in [4.69, 9.17) is 0 Å². The summed E-state index contributed by atoms with van der Waals surface area (Å²) in [5.74, 6) is -1.48. The monoisotopic (exact) mass is 309 g/mol. The number of esters is 1. The molecule has 0 aromatic heterocycles. The summed E-state index contributed by atoms with van der Waals surface area (Å²) < 4.78 is 4.69. The van der Waals surface area contributed by atoms with Crippen LogP contribution in [0.3, 0.4) is 0 Å². The van der Waals surface area contributed by atoms with Gasteiger partial charge >= 0.3 is 5.97 Å². The van der Waals surface area contributed by atoms with E-state index in [1.54, 1.807) is 12.1 Å². The number of benzene rings is 2. The highest BCUT2D eigenvalue weighted by Gasteiger charge is 2.39. The Balaban J connectivity index is 1.97. The Morgan fingerprint density at radius 1 is 1.00 bits per heavy atom. The van der Waals surface area contributed by atoms with Crippen molar-refractivity contribution >= 4 is 28.6 Å². The quantitative estimate of drug-likeness (QED) is 0.629. The van der Waals surface area contributed by atoms with Crippen molar-refractivity contribution in [2.45, 2.75) is 25.8 Å². The van der Waals surface area contributed by atoms with Crippen molar-refractivity contribution < 1.29 is 19.1 Å². The summed E-state index contributed by atoms with van der Waals surface area (Å²) in [6.07, 6.45) is 1.86. The lowest BCUT2D eigenvalue weighted by atomic mass is 9.90. The number of nitrogens with zero attached hydrogens (tertiary/aromatic N) is 1. The molecule has 4 rings (SSSR count). The summed E-state index contributed by atoms with van der Waals surface area (Å²) in [5.41, 5.74) is 3.32. The second-order valence-corrected chi connectivity index (χ2v) is 5.97. The van der Waals surface area contributed by atoms with Gasteiger partial charge in [0.2, 0.25) is 0 Å². The van der Waals surface area contributed by atoms with Crippen LogP contribution in [0.1, 0.15) is 38.8 Å². The van der Waals surface area contributed by atoms with Gasteiger partial charge in [0.1, 0.15) is 6.04 Å². The lowest BCUT2D eigenvalue weighted by Gasteiger charge is -2.30. The van der Waals surface area contributed by atoms with E-state index in [1.807, 2.05) is 12.1 Å². The minimum absolute atomic E-state index is 0.434. The highest BCUT2D eigenvalue weighted by molar-refractivity contribution is 6.27. The minimum atomic E-state index is -0.951. The predicted molar refractivity (Wildman–Crippen MR) is 83.3 cm³/mol. The molecule has 0 spiro atoms. The van der Waals surface area contributed by atoms with Crippen LogP contribution in [-0.4, -0.2) is 35.8 Å². The number of hydrogen-bond acceptors (Lipinski definition) is 4. The molecular formula is C18H15NO4. The molecule has 5 nitrogen and oxygen atoms in total. The number of imide groups is 1. The number of carbonyl (C=O) groups is 3. The van der Waals surface area contributed by atoms with E-state index in [1.165, 1.54) is 25.2 Å². The Kier molecular flexibility index (Phi) is 2.82. The van der Waals surface area contributed by atoms with Crippen LogP contribution in [0.15, 0.2) is 24.3 Å². The lowest BCUT2D eigenvalue weighted by molar-refractivity contribution is -0.144. The standard InChI is InChI=1S/C18H15NO4/c1-9(18(22)23-2)19-16(20)12-7-5-10-3-4-11-6-8-13(17(19)21)15(12)14(10)11/h5-9H,3-4H2,1-2H3. The zero-order valence-corrected chi connectivity index (χ0v) is 12.9. The first-order chi connectivity index (χ1) is 11.0. The maximum atomic E-state index is 12.8. The molecule has 0 saturated carbocycles. The first-order valence-corrected chi connectivity index (χ1v) is 7.57. The number of aryl methyl sites for hydroxylation is 2. The van der Waals surface area contributed by atoms with Crippen molar-refractivity contribution in [1.29, 1.82) is 0 Å². The molecule has 1 unspecified atom stereocenters. The Hall–Kier alpha value is -2.69. The molecule has 1 atom stereocenters. The number of amides is 2. The molecule has 116 valence electrons. The summed E-state index contributed by atoms with van der Waals surface area (Å²) >= 11 is 0. The summed E-state index contributed by atoms with van der Waals surface area (Å²) in [4.78, 5) is 38.4. The van der Waals surface area contributed by atoms with Crippen LogP contribution in [-0.2, 0) is 22.4 Å². The molecule has 0 N–H and O–H groups in total. The molecule has 0 saturated heterocycles. The highest BCUT2D eigenvalue weighted by Crippen LogP contribution is 2.38. The molecule has 5 heteroatoms. The molecule has 2 aromatic rings. The fourth-order valence-electron chi connectivity index (χ4n) is 3.66.